The van der Waals surface area contributed by atoms with Crippen LogP contribution in [0.25, 0.3) is 0 Å². The van der Waals surface area contributed by atoms with Crippen LogP contribution in [-0.4, -0.2) is 29.9 Å². The van der Waals surface area contributed by atoms with Crippen LogP contribution in [0, 0.1) is 5.92 Å². The average molecular weight is 400 g/mol. The third kappa shape index (κ3) is 6.99. The Morgan fingerprint density at radius 2 is 1.92 bits per heavy atom. The van der Waals surface area contributed by atoms with E-state index in [1.807, 2.05) is 4.90 Å². The van der Waals surface area contributed by atoms with Crippen molar-refractivity contribution in [3.05, 3.63) is 29.8 Å². The molecule has 10 heteroatoms. The lowest BCUT2D eigenvalue weighted by atomic mass is 10.0. The molecule has 1 aliphatic rings. The summed E-state index contributed by atoms with van der Waals surface area (Å²) in [6, 6.07) is 4.59. The van der Waals surface area contributed by atoms with E-state index in [0.717, 1.165) is 38.1 Å². The predicted molar refractivity (Wildman–Crippen MR) is 98.8 cm³/mol. The molecular weight excluding hydrogens is 378 g/mol. The summed E-state index contributed by atoms with van der Waals surface area (Å²) in [5, 5.41) is 0. The van der Waals surface area contributed by atoms with Gasteiger partial charge < -0.3 is 16.4 Å². The first-order valence-corrected chi connectivity index (χ1v) is 7.36. The first-order valence-electron chi connectivity index (χ1n) is 7.36. The van der Waals surface area contributed by atoms with E-state index in [2.05, 4.69) is 16.9 Å². The first-order chi connectivity index (χ1) is 10.8. The second-order valence-corrected chi connectivity index (χ2v) is 5.68. The maximum atomic E-state index is 12.7. The van der Waals surface area contributed by atoms with E-state index in [0.29, 0.717) is 5.92 Å². The highest BCUT2D eigenvalue weighted by Crippen LogP contribution is 2.31. The van der Waals surface area contributed by atoms with Gasteiger partial charge in [0.2, 0.25) is 5.96 Å². The molecule has 0 radical (unpaired) electrons. The Morgan fingerprint density at radius 3 is 2.52 bits per heavy atom. The SMILES string of the molecule is CC1CCCN(/C(N)=N/C(N)=Nc2cccc(C(F)(F)F)c2)C1.Cl.Cl. The van der Waals surface area contributed by atoms with Crippen LogP contribution in [-0.2, 0) is 6.18 Å². The van der Waals surface area contributed by atoms with Crippen molar-refractivity contribution in [3.8, 4) is 0 Å². The highest BCUT2D eigenvalue weighted by Gasteiger charge is 2.30. The van der Waals surface area contributed by atoms with Crippen LogP contribution in [0.5, 0.6) is 0 Å². The van der Waals surface area contributed by atoms with Gasteiger partial charge in [-0.2, -0.15) is 18.2 Å². The minimum atomic E-state index is -4.42. The molecule has 4 N–H and O–H groups in total. The van der Waals surface area contributed by atoms with Gasteiger partial charge in [0.15, 0.2) is 5.96 Å². The summed E-state index contributed by atoms with van der Waals surface area (Å²) in [4.78, 5) is 9.78. The molecule has 1 aromatic rings. The fraction of sp³-hybridized carbons (Fsp3) is 0.467. The van der Waals surface area contributed by atoms with E-state index in [9.17, 15) is 13.2 Å². The number of likely N-dealkylation sites (tertiary alicyclic amines) is 1. The van der Waals surface area contributed by atoms with E-state index in [4.69, 9.17) is 11.5 Å². The molecule has 25 heavy (non-hydrogen) atoms. The van der Waals surface area contributed by atoms with Crippen LogP contribution in [0.15, 0.2) is 34.3 Å². The number of rotatable bonds is 1. The Balaban J connectivity index is 0.00000288. The van der Waals surface area contributed by atoms with E-state index in [1.165, 1.54) is 12.1 Å². The second kappa shape index (κ2) is 9.72. The predicted octanol–water partition coefficient (Wildman–Crippen LogP) is 3.54. The van der Waals surface area contributed by atoms with Crippen molar-refractivity contribution in [1.29, 1.82) is 0 Å². The van der Waals surface area contributed by atoms with Crippen molar-refractivity contribution in [1.82, 2.24) is 4.90 Å². The van der Waals surface area contributed by atoms with Crippen molar-refractivity contribution in [2.75, 3.05) is 13.1 Å². The molecule has 0 saturated carbocycles. The molecule has 142 valence electrons. The smallest absolute Gasteiger partial charge is 0.369 e. The highest BCUT2D eigenvalue weighted by molar-refractivity contribution is 5.94. The zero-order valence-electron chi connectivity index (χ0n) is 13.7. The van der Waals surface area contributed by atoms with Crippen LogP contribution in [0.1, 0.15) is 25.3 Å². The molecule has 0 aromatic heterocycles. The molecule has 1 atom stereocenters. The number of benzene rings is 1. The van der Waals surface area contributed by atoms with Crippen molar-refractivity contribution in [2.24, 2.45) is 27.4 Å². The topological polar surface area (TPSA) is 80.0 Å². The van der Waals surface area contributed by atoms with Crippen molar-refractivity contribution < 1.29 is 13.2 Å². The van der Waals surface area contributed by atoms with Gasteiger partial charge in [-0.1, -0.05) is 13.0 Å². The summed E-state index contributed by atoms with van der Waals surface area (Å²) in [5.74, 6) is 0.587. The number of hydrogen-bond donors (Lipinski definition) is 2. The Bertz CT molecular complexity index is 619. The molecule has 0 bridgehead atoms. The maximum absolute atomic E-state index is 12.7. The minimum Gasteiger partial charge on any atom is -0.369 e. The average Bonchev–Trinajstić information content (AvgIpc) is 2.46. The van der Waals surface area contributed by atoms with Gasteiger partial charge in [0.25, 0.3) is 0 Å². The van der Waals surface area contributed by atoms with E-state index in [1.54, 1.807) is 0 Å². The largest absolute Gasteiger partial charge is 0.416 e. The number of nitrogens with zero attached hydrogens (tertiary/aromatic N) is 3. The van der Waals surface area contributed by atoms with Crippen molar-refractivity contribution >= 4 is 42.4 Å². The number of nitrogens with two attached hydrogens (primary N) is 2. The van der Waals surface area contributed by atoms with Gasteiger partial charge in [0.1, 0.15) is 0 Å². The monoisotopic (exact) mass is 399 g/mol. The zero-order chi connectivity index (χ0) is 17.0. The molecule has 1 heterocycles. The normalized spacial score (nSPS) is 19.0. The van der Waals surface area contributed by atoms with Gasteiger partial charge in [-0.15, -0.1) is 24.8 Å². The fourth-order valence-electron chi connectivity index (χ4n) is 2.49. The number of halogens is 5. The third-order valence-corrected chi connectivity index (χ3v) is 3.63. The van der Waals surface area contributed by atoms with Gasteiger partial charge in [-0.05, 0) is 37.0 Å². The molecule has 1 fully saturated rings. The Morgan fingerprint density at radius 1 is 1.24 bits per heavy atom. The summed E-state index contributed by atoms with van der Waals surface area (Å²) in [6.45, 7) is 3.70. The Kier molecular flexibility index (Phi) is 9.07. The van der Waals surface area contributed by atoms with Gasteiger partial charge in [-0.3, -0.25) is 0 Å². The number of piperidine rings is 1. The number of aliphatic imine (C=N–C) groups is 2. The van der Waals surface area contributed by atoms with Gasteiger partial charge in [0.05, 0.1) is 11.3 Å². The Hall–Kier alpha value is -1.67. The molecular formula is C15H22Cl2F3N5. The lowest BCUT2D eigenvalue weighted by Crippen LogP contribution is -2.44. The van der Waals surface area contributed by atoms with Crippen LogP contribution in [0.3, 0.4) is 0 Å². The summed E-state index contributed by atoms with van der Waals surface area (Å²) in [6.07, 6.45) is -2.27. The quantitative estimate of drug-likeness (QED) is 0.559. The molecule has 2 rings (SSSR count). The molecule has 1 saturated heterocycles. The lowest BCUT2D eigenvalue weighted by Gasteiger charge is -2.31. The lowest BCUT2D eigenvalue weighted by molar-refractivity contribution is -0.137. The minimum absolute atomic E-state index is 0. The number of guanidine groups is 2. The summed E-state index contributed by atoms with van der Waals surface area (Å²) in [7, 11) is 0. The fourth-order valence-corrected chi connectivity index (χ4v) is 2.49. The highest BCUT2D eigenvalue weighted by atomic mass is 35.5. The molecule has 1 aromatic carbocycles. The van der Waals surface area contributed by atoms with Gasteiger partial charge >= 0.3 is 6.18 Å². The van der Waals surface area contributed by atoms with Gasteiger partial charge in [-0.25, -0.2) is 4.99 Å². The van der Waals surface area contributed by atoms with Crippen molar-refractivity contribution in [2.45, 2.75) is 25.9 Å². The summed E-state index contributed by atoms with van der Waals surface area (Å²) < 4.78 is 38.0. The van der Waals surface area contributed by atoms with Crippen LogP contribution in [0.2, 0.25) is 0 Å². The molecule has 5 nitrogen and oxygen atoms in total. The molecule has 0 spiro atoms. The molecule has 1 aliphatic heterocycles. The zero-order valence-corrected chi connectivity index (χ0v) is 15.3. The van der Waals surface area contributed by atoms with E-state index < -0.39 is 11.7 Å². The second-order valence-electron chi connectivity index (χ2n) is 5.68. The molecule has 1 unspecified atom stereocenters. The Labute approximate surface area is 157 Å². The van der Waals surface area contributed by atoms with Crippen molar-refractivity contribution in [3.63, 3.8) is 0 Å². The third-order valence-electron chi connectivity index (χ3n) is 3.63. The molecule has 0 aliphatic carbocycles. The van der Waals surface area contributed by atoms with Gasteiger partial charge in [0, 0.05) is 13.1 Å². The van der Waals surface area contributed by atoms with Crippen LogP contribution in [0.4, 0.5) is 18.9 Å². The maximum Gasteiger partial charge on any atom is 0.416 e. The summed E-state index contributed by atoms with van der Waals surface area (Å²) in [5.41, 5.74) is 10.9. The van der Waals surface area contributed by atoms with E-state index >= 15 is 0 Å². The summed E-state index contributed by atoms with van der Waals surface area (Å²) >= 11 is 0. The first kappa shape index (κ1) is 23.3. The van der Waals surface area contributed by atoms with Crippen LogP contribution < -0.4 is 11.5 Å². The number of hydrogen-bond acceptors (Lipinski definition) is 1. The van der Waals surface area contributed by atoms with Crippen LogP contribution >= 0.6 is 24.8 Å². The molecule has 0 amide bonds. The number of alkyl halides is 3. The standard InChI is InChI=1S/C15H20F3N5.2ClH/c1-10-4-3-7-23(9-10)14(20)22-13(19)21-12-6-2-5-11(8-12)15(16,17)18;;/h2,5-6,8,10H,3-4,7,9H2,1H3,(H4,19,20,21,22);2*1H. The van der Waals surface area contributed by atoms with E-state index in [-0.39, 0.29) is 42.4 Å².